The van der Waals surface area contributed by atoms with Crippen molar-refractivity contribution in [2.24, 2.45) is 10.4 Å². The highest BCUT2D eigenvalue weighted by Crippen LogP contribution is 2.46. The second kappa shape index (κ2) is 7.53. The zero-order valence-electron chi connectivity index (χ0n) is 15.2. The summed E-state index contributed by atoms with van der Waals surface area (Å²) in [5.74, 6) is 1.15. The van der Waals surface area contributed by atoms with Gasteiger partial charge in [-0.05, 0) is 49.0 Å². The molecule has 2 heteroatoms. The predicted molar refractivity (Wildman–Crippen MR) is 106 cm³/mol. The van der Waals surface area contributed by atoms with Gasteiger partial charge in [0, 0.05) is 5.56 Å². The average Bonchev–Trinajstić information content (AvgIpc) is 2.46. The van der Waals surface area contributed by atoms with Crippen LogP contribution in [0.1, 0.15) is 58.6 Å². The third-order valence-electron chi connectivity index (χ3n) is 4.32. The van der Waals surface area contributed by atoms with E-state index in [1.165, 1.54) is 29.5 Å². The van der Waals surface area contributed by atoms with Gasteiger partial charge in [-0.2, -0.15) is 0 Å². The fourth-order valence-electron chi connectivity index (χ4n) is 3.38. The van der Waals surface area contributed by atoms with Crippen molar-refractivity contribution in [2.75, 3.05) is 5.75 Å². The van der Waals surface area contributed by atoms with Gasteiger partial charge in [0.05, 0.1) is 10.7 Å². The largest absolute Gasteiger partial charge is 0.246 e. The Bertz CT molecular complexity index is 650. The van der Waals surface area contributed by atoms with E-state index in [4.69, 9.17) is 4.99 Å². The first-order chi connectivity index (χ1) is 10.9. The molecule has 0 fully saturated rings. The minimum atomic E-state index is 0.0768. The molecule has 23 heavy (non-hydrogen) atoms. The summed E-state index contributed by atoms with van der Waals surface area (Å²) in [6.45, 7) is 15.3. The summed E-state index contributed by atoms with van der Waals surface area (Å²) in [4.78, 5) is 5.05. The van der Waals surface area contributed by atoms with Crippen LogP contribution in [-0.2, 0) is 6.42 Å². The molecule has 1 aromatic rings. The third kappa shape index (κ3) is 4.17. The van der Waals surface area contributed by atoms with Crippen LogP contribution >= 0.6 is 11.8 Å². The maximum atomic E-state index is 5.05. The number of benzene rings is 1. The van der Waals surface area contributed by atoms with E-state index in [-0.39, 0.29) is 5.41 Å². The summed E-state index contributed by atoms with van der Waals surface area (Å²) in [7, 11) is 0. The predicted octanol–water partition coefficient (Wildman–Crippen LogP) is 6.51. The first-order valence-electron chi connectivity index (χ1n) is 8.54. The van der Waals surface area contributed by atoms with Crippen LogP contribution in [0.4, 0.5) is 0 Å². The maximum Gasteiger partial charge on any atom is 0.0754 e. The van der Waals surface area contributed by atoms with Crippen LogP contribution in [0.25, 0.3) is 5.70 Å². The van der Waals surface area contributed by atoms with E-state index in [0.29, 0.717) is 0 Å². The molecule has 0 aliphatic heterocycles. The van der Waals surface area contributed by atoms with Crippen molar-refractivity contribution >= 4 is 22.5 Å². The molecule has 0 radical (unpaired) electrons. The SMILES string of the molecule is C=C(C)C1=C(N=C(C)SCCCC)c2ccccc2CC1(C)C. The van der Waals surface area contributed by atoms with E-state index >= 15 is 0 Å². The average molecular weight is 328 g/mol. The number of rotatable bonds is 5. The van der Waals surface area contributed by atoms with Crippen LogP contribution in [-0.4, -0.2) is 10.8 Å². The highest BCUT2D eigenvalue weighted by atomic mass is 32.2. The van der Waals surface area contributed by atoms with E-state index in [1.54, 1.807) is 0 Å². The summed E-state index contributed by atoms with van der Waals surface area (Å²) in [6.07, 6.45) is 3.52. The third-order valence-corrected chi connectivity index (χ3v) is 5.33. The lowest BCUT2D eigenvalue weighted by atomic mass is 9.70. The summed E-state index contributed by atoms with van der Waals surface area (Å²) < 4.78 is 0. The van der Waals surface area contributed by atoms with Gasteiger partial charge < -0.3 is 0 Å². The molecule has 0 unspecified atom stereocenters. The Morgan fingerprint density at radius 3 is 2.61 bits per heavy atom. The number of hydrogen-bond donors (Lipinski definition) is 0. The smallest absolute Gasteiger partial charge is 0.0754 e. The highest BCUT2D eigenvalue weighted by molar-refractivity contribution is 8.13. The van der Waals surface area contributed by atoms with Gasteiger partial charge in [-0.15, -0.1) is 11.8 Å². The van der Waals surface area contributed by atoms with Crippen molar-refractivity contribution < 1.29 is 0 Å². The van der Waals surface area contributed by atoms with Crippen LogP contribution in [0.15, 0.2) is 47.0 Å². The van der Waals surface area contributed by atoms with Gasteiger partial charge in [-0.3, -0.25) is 0 Å². The summed E-state index contributed by atoms with van der Waals surface area (Å²) in [5.41, 5.74) is 6.33. The number of thioether (sulfide) groups is 1. The Balaban J connectivity index is 2.52. The van der Waals surface area contributed by atoms with Gasteiger partial charge in [-0.25, -0.2) is 4.99 Å². The minimum Gasteiger partial charge on any atom is -0.246 e. The zero-order chi connectivity index (χ0) is 17.0. The molecule has 124 valence electrons. The molecule has 0 spiro atoms. The van der Waals surface area contributed by atoms with Crippen molar-refractivity contribution in [1.82, 2.24) is 0 Å². The fraction of sp³-hybridized carbons (Fsp3) is 0.476. The molecule has 0 bridgehead atoms. The second-order valence-corrected chi connectivity index (χ2v) is 8.34. The Morgan fingerprint density at radius 2 is 1.96 bits per heavy atom. The van der Waals surface area contributed by atoms with Crippen molar-refractivity contribution in [3.05, 3.63) is 53.1 Å². The Hall–Kier alpha value is -1.28. The van der Waals surface area contributed by atoms with Crippen LogP contribution in [0.3, 0.4) is 0 Å². The molecule has 2 rings (SSSR count). The van der Waals surface area contributed by atoms with Crippen LogP contribution in [0, 0.1) is 5.41 Å². The highest BCUT2D eigenvalue weighted by Gasteiger charge is 2.33. The monoisotopic (exact) mass is 327 g/mol. The number of allylic oxidation sites excluding steroid dienone is 2. The number of hydrogen-bond acceptors (Lipinski definition) is 2. The Labute approximate surface area is 146 Å². The summed E-state index contributed by atoms with van der Waals surface area (Å²) >= 11 is 1.87. The molecular weight excluding hydrogens is 298 g/mol. The minimum absolute atomic E-state index is 0.0768. The molecular formula is C21H29NS. The lowest BCUT2D eigenvalue weighted by Crippen LogP contribution is -2.25. The van der Waals surface area contributed by atoms with Gasteiger partial charge in [0.2, 0.25) is 0 Å². The van der Waals surface area contributed by atoms with E-state index in [9.17, 15) is 0 Å². The molecule has 1 nitrogen and oxygen atoms in total. The number of fused-ring (bicyclic) bond motifs is 1. The van der Waals surface area contributed by atoms with E-state index in [0.717, 1.165) is 28.5 Å². The van der Waals surface area contributed by atoms with Crippen LogP contribution < -0.4 is 0 Å². The molecule has 0 atom stereocenters. The van der Waals surface area contributed by atoms with Crippen molar-refractivity contribution in [2.45, 2.75) is 53.9 Å². The van der Waals surface area contributed by atoms with Gasteiger partial charge in [0.15, 0.2) is 0 Å². The molecule has 0 heterocycles. The maximum absolute atomic E-state index is 5.05. The molecule has 1 aliphatic carbocycles. The number of nitrogens with zero attached hydrogens (tertiary/aromatic N) is 1. The lowest BCUT2D eigenvalue weighted by molar-refractivity contribution is 0.444. The molecule has 0 saturated carbocycles. The normalized spacial score (nSPS) is 17.2. The van der Waals surface area contributed by atoms with E-state index < -0.39 is 0 Å². The number of unbranched alkanes of at least 4 members (excludes halogenated alkanes) is 1. The van der Waals surface area contributed by atoms with Crippen molar-refractivity contribution in [3.63, 3.8) is 0 Å². The molecule has 0 amide bonds. The quantitative estimate of drug-likeness (QED) is 0.341. The Morgan fingerprint density at radius 1 is 1.26 bits per heavy atom. The van der Waals surface area contributed by atoms with Crippen molar-refractivity contribution in [3.8, 4) is 0 Å². The van der Waals surface area contributed by atoms with Gasteiger partial charge >= 0.3 is 0 Å². The van der Waals surface area contributed by atoms with Crippen LogP contribution in [0.2, 0.25) is 0 Å². The summed E-state index contributed by atoms with van der Waals surface area (Å²) in [5, 5.41) is 1.15. The molecule has 1 aromatic carbocycles. The lowest BCUT2D eigenvalue weighted by Gasteiger charge is -2.35. The first-order valence-corrected chi connectivity index (χ1v) is 9.52. The zero-order valence-corrected chi connectivity index (χ0v) is 16.0. The van der Waals surface area contributed by atoms with Crippen molar-refractivity contribution in [1.29, 1.82) is 0 Å². The van der Waals surface area contributed by atoms with Gasteiger partial charge in [0.1, 0.15) is 0 Å². The van der Waals surface area contributed by atoms with Gasteiger partial charge in [-0.1, -0.05) is 63.6 Å². The van der Waals surface area contributed by atoms with E-state index in [1.807, 2.05) is 11.8 Å². The molecule has 0 saturated heterocycles. The van der Waals surface area contributed by atoms with E-state index in [2.05, 4.69) is 65.5 Å². The van der Waals surface area contributed by atoms with Gasteiger partial charge in [0.25, 0.3) is 0 Å². The molecule has 0 N–H and O–H groups in total. The standard InChI is InChI=1S/C21H29NS/c1-7-8-13-23-16(4)22-20-18-12-10-9-11-17(18)14-21(5,6)19(20)15(2)3/h9-12H,2,7-8,13-14H2,1,3-6H3. The Kier molecular flexibility index (Phi) is 5.91. The second-order valence-electron chi connectivity index (χ2n) is 7.05. The summed E-state index contributed by atoms with van der Waals surface area (Å²) in [6, 6.07) is 8.69. The number of aliphatic imine (C=N–C) groups is 1. The molecule has 0 aromatic heterocycles. The fourth-order valence-corrected chi connectivity index (χ4v) is 4.26. The first kappa shape index (κ1) is 18.1. The molecule has 1 aliphatic rings. The topological polar surface area (TPSA) is 12.4 Å². The van der Waals surface area contributed by atoms with Crippen LogP contribution in [0.5, 0.6) is 0 Å².